The first kappa shape index (κ1) is 30.3. The van der Waals surface area contributed by atoms with E-state index in [9.17, 15) is 0 Å². The summed E-state index contributed by atoms with van der Waals surface area (Å²) in [5, 5.41) is 5.27. The summed E-state index contributed by atoms with van der Waals surface area (Å²) < 4.78 is 0. The molecule has 2 nitrogen and oxygen atoms in total. The number of unbranched alkanes of at least 4 members (excludes halogenated alkanes) is 9. The van der Waals surface area contributed by atoms with Crippen molar-refractivity contribution in [2.24, 2.45) is 0 Å². The fourth-order valence-electron chi connectivity index (χ4n) is 4.29. The van der Waals surface area contributed by atoms with Gasteiger partial charge < -0.3 is 34.0 Å². The molecule has 0 spiro atoms. The molecular formula is C30H40Br2N2. The van der Waals surface area contributed by atoms with E-state index in [-0.39, 0.29) is 34.0 Å². The summed E-state index contributed by atoms with van der Waals surface area (Å²) in [5.74, 6) is 0. The van der Waals surface area contributed by atoms with Gasteiger partial charge in [-0.15, -0.1) is 0 Å². The maximum atomic E-state index is 3.44. The minimum Gasteiger partial charge on any atom is -1.00 e. The van der Waals surface area contributed by atoms with E-state index in [1.54, 1.807) is 0 Å². The average Bonchev–Trinajstić information content (AvgIpc) is 2.86. The monoisotopic (exact) mass is 586 g/mol. The van der Waals surface area contributed by atoms with Gasteiger partial charge in [0.15, 0.2) is 24.3 Å². The van der Waals surface area contributed by atoms with Crippen LogP contribution >= 0.6 is 0 Å². The van der Waals surface area contributed by atoms with Crippen molar-refractivity contribution < 1.29 is 43.9 Å². The quantitative estimate of drug-likeness (QED) is 0.239. The molecule has 4 heteroatoms. The van der Waals surface area contributed by atoms with Crippen molar-refractivity contribution in [1.82, 2.24) is 0 Å². The second kappa shape index (κ2) is 18.5. The van der Waals surface area contributed by atoms with Crippen molar-refractivity contribution in [3.05, 3.63) is 84.9 Å². The van der Waals surface area contributed by atoms with Crippen LogP contribution in [0.5, 0.6) is 0 Å². The van der Waals surface area contributed by atoms with E-state index in [1.807, 2.05) is 24.5 Å². The van der Waals surface area contributed by atoms with E-state index in [1.165, 1.54) is 97.9 Å². The van der Waals surface area contributed by atoms with Crippen LogP contribution in [0.2, 0.25) is 0 Å². The molecule has 0 saturated carbocycles. The van der Waals surface area contributed by atoms with E-state index in [4.69, 9.17) is 0 Å². The lowest BCUT2D eigenvalue weighted by Gasteiger charge is -2.02. The first-order valence-corrected chi connectivity index (χ1v) is 12.6. The van der Waals surface area contributed by atoms with Gasteiger partial charge in [-0.2, -0.15) is 0 Å². The van der Waals surface area contributed by atoms with Crippen molar-refractivity contribution in [3.8, 4) is 0 Å². The molecule has 0 aliphatic rings. The molecule has 184 valence electrons. The molecule has 0 fully saturated rings. The summed E-state index contributed by atoms with van der Waals surface area (Å²) >= 11 is 0. The zero-order valence-electron chi connectivity index (χ0n) is 20.5. The lowest BCUT2D eigenvalue weighted by Crippen LogP contribution is -3.00. The third-order valence-electron chi connectivity index (χ3n) is 6.18. The van der Waals surface area contributed by atoms with Crippen LogP contribution in [0.1, 0.15) is 76.8 Å². The van der Waals surface area contributed by atoms with Gasteiger partial charge in [-0.05, 0) is 29.3 Å². The minimum atomic E-state index is 0. The number of aromatic nitrogens is 2. The Morgan fingerprint density at radius 2 is 1.12 bits per heavy atom. The molecule has 0 aliphatic carbocycles. The predicted octanol–water partition coefficient (Wildman–Crippen LogP) is 1.78. The maximum Gasteiger partial charge on any atom is 0.187 e. The Kier molecular flexibility index (Phi) is 16.5. The Morgan fingerprint density at radius 1 is 0.559 bits per heavy atom. The summed E-state index contributed by atoms with van der Waals surface area (Å²) in [4.78, 5) is 6.48. The number of aromatic amines is 2. The number of aryl methyl sites for hydroxylation is 1. The van der Waals surface area contributed by atoms with Gasteiger partial charge in [0.25, 0.3) is 0 Å². The molecule has 2 aromatic carbocycles. The standard InChI is InChI=1S/C21H31N.C9H7N.2BrH/c1-2-3-4-5-6-7-8-9-10-11-16-21-20-15-13-12-14-19(20)17-18-22-21;1-2-4-9-7-10-6-5-8(9)3-1;;/h12-15,17-18H,2-11,16H2,1H3;1-7H;2*1H. The van der Waals surface area contributed by atoms with E-state index in [0.29, 0.717) is 0 Å². The lowest BCUT2D eigenvalue weighted by molar-refractivity contribution is -0.388. The van der Waals surface area contributed by atoms with Crippen LogP contribution in [-0.2, 0) is 6.42 Å². The number of hydrogen-bond donors (Lipinski definition) is 0. The van der Waals surface area contributed by atoms with Crippen LogP contribution in [0.4, 0.5) is 0 Å². The Labute approximate surface area is 227 Å². The number of benzene rings is 2. The zero-order valence-corrected chi connectivity index (χ0v) is 23.7. The molecule has 4 rings (SSSR count). The smallest absolute Gasteiger partial charge is 0.187 e. The van der Waals surface area contributed by atoms with Crippen LogP contribution in [0.25, 0.3) is 21.5 Å². The Morgan fingerprint density at radius 3 is 1.79 bits per heavy atom. The lowest BCUT2D eigenvalue weighted by atomic mass is 10.0. The number of fused-ring (bicyclic) bond motifs is 2. The molecule has 0 bridgehead atoms. The summed E-state index contributed by atoms with van der Waals surface area (Å²) in [6.07, 6.45) is 21.2. The highest BCUT2D eigenvalue weighted by Gasteiger charge is 2.06. The van der Waals surface area contributed by atoms with E-state index in [2.05, 4.69) is 71.6 Å². The first-order chi connectivity index (χ1) is 15.9. The molecule has 0 saturated heterocycles. The fourth-order valence-corrected chi connectivity index (χ4v) is 4.29. The molecule has 34 heavy (non-hydrogen) atoms. The molecule has 2 N–H and O–H groups in total. The van der Waals surface area contributed by atoms with Gasteiger partial charge in [0.05, 0.1) is 0 Å². The molecule has 2 heterocycles. The molecular weight excluding hydrogens is 548 g/mol. The second-order valence-corrected chi connectivity index (χ2v) is 8.75. The highest BCUT2D eigenvalue weighted by molar-refractivity contribution is 5.83. The highest BCUT2D eigenvalue weighted by Crippen LogP contribution is 2.17. The van der Waals surface area contributed by atoms with Crippen molar-refractivity contribution >= 4 is 21.5 Å². The van der Waals surface area contributed by atoms with Crippen LogP contribution in [0.15, 0.2) is 79.3 Å². The highest BCUT2D eigenvalue weighted by atomic mass is 79.9. The minimum absolute atomic E-state index is 0. The summed E-state index contributed by atoms with van der Waals surface area (Å²) in [5.41, 5.74) is 1.40. The zero-order chi connectivity index (χ0) is 22.3. The second-order valence-electron chi connectivity index (χ2n) is 8.75. The first-order valence-electron chi connectivity index (χ1n) is 12.6. The molecule has 0 aliphatic heterocycles. The SMILES string of the molecule is CCCCCCCCCCCCc1[nH+]ccc2ccccc12.[Br-].[Br-].c1ccc2c[nH+]ccc2c1. The Bertz CT molecular complexity index is 981. The number of pyridine rings is 2. The van der Waals surface area contributed by atoms with Gasteiger partial charge >= 0.3 is 0 Å². The summed E-state index contributed by atoms with van der Waals surface area (Å²) in [7, 11) is 0. The number of H-pyrrole nitrogens is 2. The fraction of sp³-hybridized carbons (Fsp3) is 0.400. The Hall–Kier alpha value is -1.78. The largest absolute Gasteiger partial charge is 1.00 e. The third-order valence-corrected chi connectivity index (χ3v) is 6.18. The maximum absolute atomic E-state index is 3.44. The average molecular weight is 588 g/mol. The van der Waals surface area contributed by atoms with E-state index in [0.717, 1.165) is 0 Å². The number of halogens is 2. The van der Waals surface area contributed by atoms with Crippen molar-refractivity contribution in [1.29, 1.82) is 0 Å². The van der Waals surface area contributed by atoms with Gasteiger partial charge in [-0.25, -0.2) is 9.97 Å². The number of nitrogens with one attached hydrogen (secondary N) is 2. The van der Waals surface area contributed by atoms with E-state index < -0.39 is 0 Å². The molecule has 0 atom stereocenters. The van der Waals surface area contributed by atoms with Crippen LogP contribution < -0.4 is 43.9 Å². The number of rotatable bonds is 11. The molecule has 0 amide bonds. The van der Waals surface area contributed by atoms with Crippen molar-refractivity contribution in [2.75, 3.05) is 0 Å². The van der Waals surface area contributed by atoms with Gasteiger partial charge in [0.2, 0.25) is 0 Å². The van der Waals surface area contributed by atoms with Crippen LogP contribution in [0.3, 0.4) is 0 Å². The van der Waals surface area contributed by atoms with Gasteiger partial charge in [-0.1, -0.05) is 101 Å². The molecule has 0 radical (unpaired) electrons. The Balaban J connectivity index is 0.000000404. The van der Waals surface area contributed by atoms with Crippen LogP contribution in [-0.4, -0.2) is 0 Å². The predicted molar refractivity (Wildman–Crippen MR) is 137 cm³/mol. The third kappa shape index (κ3) is 10.7. The normalized spacial score (nSPS) is 10.1. The number of hydrogen-bond acceptors (Lipinski definition) is 0. The van der Waals surface area contributed by atoms with Crippen molar-refractivity contribution in [3.63, 3.8) is 0 Å². The van der Waals surface area contributed by atoms with Gasteiger partial charge in [0.1, 0.15) is 0 Å². The van der Waals surface area contributed by atoms with Crippen LogP contribution in [0, 0.1) is 0 Å². The van der Waals surface area contributed by atoms with Gasteiger partial charge in [-0.3, -0.25) is 0 Å². The molecule has 4 aromatic rings. The van der Waals surface area contributed by atoms with E-state index >= 15 is 0 Å². The van der Waals surface area contributed by atoms with Gasteiger partial charge in [0, 0.05) is 29.3 Å². The van der Waals surface area contributed by atoms with Crippen molar-refractivity contribution in [2.45, 2.75) is 77.6 Å². The molecule has 0 unspecified atom stereocenters. The molecule has 2 aromatic heterocycles. The topological polar surface area (TPSA) is 28.3 Å². The summed E-state index contributed by atoms with van der Waals surface area (Å²) in [6.45, 7) is 2.29. The summed E-state index contributed by atoms with van der Waals surface area (Å²) in [6, 6.07) is 21.2.